The summed E-state index contributed by atoms with van der Waals surface area (Å²) >= 11 is 0. The summed E-state index contributed by atoms with van der Waals surface area (Å²) in [6.45, 7) is 0.722. The molecule has 0 bridgehead atoms. The minimum Gasteiger partial charge on any atom is -0.311 e. The van der Waals surface area contributed by atoms with Gasteiger partial charge in [0.05, 0.1) is 6.61 Å². The molecule has 0 N–H and O–H groups in total. The van der Waals surface area contributed by atoms with E-state index in [0.717, 1.165) is 12.9 Å². The van der Waals surface area contributed by atoms with Crippen LogP contribution in [0, 0.1) is 0 Å². The molecular weight excluding hydrogens is 314 g/mol. The molecule has 1 heterocycles. The van der Waals surface area contributed by atoms with Gasteiger partial charge >= 0.3 is 7.48 Å². The first-order valence-corrected chi connectivity index (χ1v) is 12.4. The van der Waals surface area contributed by atoms with Gasteiger partial charge in [0.2, 0.25) is 0 Å². The fraction of sp³-hybridized carbons (Fsp3) is 1.00. The second-order valence-electron chi connectivity index (χ2n) is 8.20. The van der Waals surface area contributed by atoms with Crippen LogP contribution in [0.15, 0.2) is 0 Å². The zero-order chi connectivity index (χ0) is 16.5. The van der Waals surface area contributed by atoms with Crippen molar-refractivity contribution < 1.29 is 9.69 Å². The lowest BCUT2D eigenvalue weighted by molar-refractivity contribution is -0.181. The van der Waals surface area contributed by atoms with E-state index in [1.807, 2.05) is 0 Å². The van der Waals surface area contributed by atoms with E-state index in [0.29, 0.717) is 7.92 Å². The van der Waals surface area contributed by atoms with E-state index < -0.39 is 0 Å². The van der Waals surface area contributed by atoms with Crippen LogP contribution in [0.1, 0.15) is 96.3 Å². The third-order valence-corrected chi connectivity index (χ3v) is 10.5. The molecule has 4 heteroatoms. The van der Waals surface area contributed by atoms with E-state index in [9.17, 15) is 0 Å². The summed E-state index contributed by atoms with van der Waals surface area (Å²) in [6.07, 6.45) is 24.6. The third kappa shape index (κ3) is 5.99. The summed E-state index contributed by atoms with van der Waals surface area (Å²) in [5, 5.41) is 0. The molecule has 2 nitrogen and oxygen atoms in total. The Balaban J connectivity index is 0.000000290. The fourth-order valence-corrected chi connectivity index (χ4v) is 9.95. The smallest absolute Gasteiger partial charge is 0.311 e. The van der Waals surface area contributed by atoms with Crippen LogP contribution in [-0.4, -0.2) is 31.1 Å². The molecule has 4 rings (SSSR count). The van der Waals surface area contributed by atoms with Gasteiger partial charge in [0.15, 0.2) is 0 Å². The SMILES string of the molecule is C1CCC(P(C2CCCCC2)C2CCCCC2)CC1.[B]1CCOO1. The van der Waals surface area contributed by atoms with Gasteiger partial charge in [0.1, 0.15) is 0 Å². The van der Waals surface area contributed by atoms with E-state index in [-0.39, 0.29) is 0 Å². The van der Waals surface area contributed by atoms with Crippen molar-refractivity contribution in [1.82, 2.24) is 0 Å². The predicted octanol–water partition coefficient (Wildman–Crippen LogP) is 6.45. The van der Waals surface area contributed by atoms with Gasteiger partial charge in [-0.25, -0.2) is 0 Å². The van der Waals surface area contributed by atoms with Crippen molar-refractivity contribution in [2.24, 2.45) is 0 Å². The molecule has 0 aromatic heterocycles. The molecule has 3 aliphatic carbocycles. The van der Waals surface area contributed by atoms with E-state index in [4.69, 9.17) is 0 Å². The second-order valence-corrected chi connectivity index (χ2v) is 11.3. The lowest BCUT2D eigenvalue weighted by atomic mass is 9.99. The van der Waals surface area contributed by atoms with Crippen LogP contribution in [0.25, 0.3) is 0 Å². The van der Waals surface area contributed by atoms with E-state index in [1.54, 1.807) is 84.5 Å². The monoisotopic (exact) mass is 351 g/mol. The van der Waals surface area contributed by atoms with Crippen LogP contribution in [0.5, 0.6) is 0 Å². The Labute approximate surface area is 151 Å². The minimum atomic E-state index is 0.385. The van der Waals surface area contributed by atoms with Crippen molar-refractivity contribution in [1.29, 1.82) is 0 Å². The molecule has 24 heavy (non-hydrogen) atoms. The first kappa shape index (κ1) is 19.2. The Morgan fingerprint density at radius 2 is 1.00 bits per heavy atom. The number of hydrogen-bond acceptors (Lipinski definition) is 2. The van der Waals surface area contributed by atoms with Gasteiger partial charge in [-0.05, 0) is 61.8 Å². The van der Waals surface area contributed by atoms with Crippen molar-refractivity contribution in [2.75, 3.05) is 6.61 Å². The normalized spacial score (nSPS) is 27.5. The average molecular weight is 351 g/mol. The van der Waals surface area contributed by atoms with Crippen LogP contribution in [0.3, 0.4) is 0 Å². The fourth-order valence-electron chi connectivity index (χ4n) is 5.27. The van der Waals surface area contributed by atoms with Gasteiger partial charge in [0.25, 0.3) is 0 Å². The molecule has 0 amide bonds. The van der Waals surface area contributed by atoms with Crippen molar-refractivity contribution >= 4 is 15.4 Å². The van der Waals surface area contributed by atoms with Crippen LogP contribution in [0.2, 0.25) is 6.32 Å². The Morgan fingerprint density at radius 1 is 0.583 bits per heavy atom. The van der Waals surface area contributed by atoms with Gasteiger partial charge in [-0.15, -0.1) is 0 Å². The standard InChI is InChI=1S/C18H33P.C2H4BO2/c1-4-10-16(11-5-1)19(17-12-6-2-7-13-17)18-14-8-3-9-15-18;1-2-4-5-3-1/h16-18H,1-15H2;1-2H2. The Bertz CT molecular complexity index is 269. The molecule has 0 aromatic carbocycles. The van der Waals surface area contributed by atoms with Crippen LogP contribution in [0.4, 0.5) is 0 Å². The lowest BCUT2D eigenvalue weighted by Gasteiger charge is -2.44. The molecule has 1 radical (unpaired) electrons. The van der Waals surface area contributed by atoms with E-state index >= 15 is 0 Å². The van der Waals surface area contributed by atoms with Gasteiger partial charge in [-0.1, -0.05) is 65.7 Å². The zero-order valence-electron chi connectivity index (χ0n) is 15.6. The number of hydrogen-bond donors (Lipinski definition) is 0. The predicted molar refractivity (Wildman–Crippen MR) is 105 cm³/mol. The van der Waals surface area contributed by atoms with E-state index in [2.05, 4.69) is 9.69 Å². The topological polar surface area (TPSA) is 18.5 Å². The largest absolute Gasteiger partial charge is 0.346 e. The molecule has 4 aliphatic rings. The summed E-state index contributed by atoms with van der Waals surface area (Å²) < 4.78 is 0. The molecular formula is C20H37BO2P. The number of rotatable bonds is 3. The molecule has 0 atom stereocenters. The molecule has 1 aliphatic heterocycles. The lowest BCUT2D eigenvalue weighted by Crippen LogP contribution is -2.28. The Kier molecular flexibility index (Phi) is 8.95. The Morgan fingerprint density at radius 3 is 1.25 bits per heavy atom. The van der Waals surface area contributed by atoms with Crippen molar-refractivity contribution in [3.63, 3.8) is 0 Å². The molecule has 0 spiro atoms. The molecule has 137 valence electrons. The first-order chi connectivity index (χ1) is 11.9. The van der Waals surface area contributed by atoms with E-state index in [1.165, 1.54) is 36.2 Å². The van der Waals surface area contributed by atoms with Gasteiger partial charge < -0.3 is 4.81 Å². The first-order valence-electron chi connectivity index (χ1n) is 10.8. The van der Waals surface area contributed by atoms with Crippen molar-refractivity contribution in [3.05, 3.63) is 0 Å². The minimum absolute atomic E-state index is 0.385. The third-order valence-electron chi connectivity index (χ3n) is 6.44. The summed E-state index contributed by atoms with van der Waals surface area (Å²) in [5.41, 5.74) is 3.57. The summed E-state index contributed by atoms with van der Waals surface area (Å²) in [5.74, 6) is 0. The molecule has 0 unspecified atom stereocenters. The van der Waals surface area contributed by atoms with Crippen LogP contribution < -0.4 is 0 Å². The maximum atomic E-state index is 4.39. The average Bonchev–Trinajstić information content (AvgIpc) is 3.25. The van der Waals surface area contributed by atoms with Gasteiger partial charge in [-0.2, -0.15) is 0 Å². The summed E-state index contributed by atoms with van der Waals surface area (Å²) in [7, 11) is 2.02. The Hall–Kier alpha value is 0.415. The second kappa shape index (κ2) is 11.2. The van der Waals surface area contributed by atoms with Crippen LogP contribution in [-0.2, 0) is 9.69 Å². The summed E-state index contributed by atoms with van der Waals surface area (Å²) in [4.78, 5) is 8.71. The highest BCUT2D eigenvalue weighted by Crippen LogP contribution is 2.61. The van der Waals surface area contributed by atoms with Gasteiger partial charge in [0, 0.05) is 0 Å². The maximum Gasteiger partial charge on any atom is 0.346 e. The van der Waals surface area contributed by atoms with Gasteiger partial charge in [-0.3, -0.25) is 4.89 Å². The molecule has 3 saturated carbocycles. The van der Waals surface area contributed by atoms with Crippen molar-refractivity contribution in [3.8, 4) is 0 Å². The summed E-state index contributed by atoms with van der Waals surface area (Å²) in [6, 6.07) is 0. The molecule has 1 saturated heterocycles. The highest BCUT2D eigenvalue weighted by atomic mass is 31.1. The zero-order valence-corrected chi connectivity index (χ0v) is 16.5. The van der Waals surface area contributed by atoms with Crippen LogP contribution >= 0.6 is 7.92 Å². The highest BCUT2D eigenvalue weighted by molar-refractivity contribution is 7.60. The van der Waals surface area contributed by atoms with Crippen molar-refractivity contribution in [2.45, 2.75) is 120 Å². The highest BCUT2D eigenvalue weighted by Gasteiger charge is 2.36. The molecule has 4 fully saturated rings. The maximum absolute atomic E-state index is 4.39. The quantitative estimate of drug-likeness (QED) is 0.330. The molecule has 0 aromatic rings.